The van der Waals surface area contributed by atoms with E-state index in [1.165, 1.54) is 16.0 Å². The number of fused-ring (bicyclic) bond motifs is 1. The van der Waals surface area contributed by atoms with Gasteiger partial charge in [-0.25, -0.2) is 4.98 Å². The van der Waals surface area contributed by atoms with Crippen molar-refractivity contribution < 1.29 is 9.53 Å². The summed E-state index contributed by atoms with van der Waals surface area (Å²) in [6, 6.07) is 20.9. The summed E-state index contributed by atoms with van der Waals surface area (Å²) < 4.78 is 7.71. The van der Waals surface area contributed by atoms with E-state index in [2.05, 4.69) is 34.9 Å². The Kier molecular flexibility index (Phi) is 5.70. The van der Waals surface area contributed by atoms with Crippen molar-refractivity contribution in [1.29, 1.82) is 0 Å². The predicted octanol–water partition coefficient (Wildman–Crippen LogP) is 5.48. The van der Waals surface area contributed by atoms with Gasteiger partial charge >= 0.3 is 0 Å². The molecule has 4 aromatic rings. The van der Waals surface area contributed by atoms with Gasteiger partial charge in [-0.15, -0.1) is 11.3 Å². The molecule has 5 nitrogen and oxygen atoms in total. The highest BCUT2D eigenvalue weighted by Gasteiger charge is 2.27. The fraction of sp³-hybridized carbons (Fsp3) is 0.308. The summed E-state index contributed by atoms with van der Waals surface area (Å²) in [6.07, 6.45) is 2.64. The summed E-state index contributed by atoms with van der Waals surface area (Å²) in [4.78, 5) is 21.9. The first-order valence-corrected chi connectivity index (χ1v) is 11.9. The molecule has 2 aromatic heterocycles. The SMILES string of the molecule is COc1ccc(Cc2nc3ccccc3n2C2CCN(C(=O)c3ccc(C)s3)CC2)cc1. The first-order valence-electron chi connectivity index (χ1n) is 11.1. The summed E-state index contributed by atoms with van der Waals surface area (Å²) >= 11 is 1.58. The highest BCUT2D eigenvalue weighted by Crippen LogP contribution is 2.31. The minimum Gasteiger partial charge on any atom is -0.497 e. The van der Waals surface area contributed by atoms with Gasteiger partial charge in [0.15, 0.2) is 0 Å². The molecule has 1 saturated heterocycles. The fourth-order valence-electron chi connectivity index (χ4n) is 4.58. The van der Waals surface area contributed by atoms with E-state index in [1.54, 1.807) is 18.4 Å². The number of aromatic nitrogens is 2. The normalized spacial score (nSPS) is 14.8. The molecule has 0 radical (unpaired) electrons. The molecule has 0 bridgehead atoms. The average Bonchev–Trinajstić information content (AvgIpc) is 3.42. The number of amides is 1. The van der Waals surface area contributed by atoms with Gasteiger partial charge in [-0.3, -0.25) is 4.79 Å². The van der Waals surface area contributed by atoms with Gasteiger partial charge in [-0.1, -0.05) is 24.3 Å². The molecule has 0 unspecified atom stereocenters. The van der Waals surface area contributed by atoms with Gasteiger partial charge in [0.2, 0.25) is 0 Å². The van der Waals surface area contributed by atoms with E-state index < -0.39 is 0 Å². The largest absolute Gasteiger partial charge is 0.497 e. The van der Waals surface area contributed by atoms with Crippen LogP contribution < -0.4 is 4.74 Å². The van der Waals surface area contributed by atoms with E-state index in [0.717, 1.165) is 54.3 Å². The van der Waals surface area contributed by atoms with E-state index in [9.17, 15) is 4.79 Å². The van der Waals surface area contributed by atoms with Crippen molar-refractivity contribution in [3.8, 4) is 5.75 Å². The zero-order chi connectivity index (χ0) is 22.1. The van der Waals surface area contributed by atoms with Crippen LogP contribution in [-0.4, -0.2) is 40.6 Å². The maximum absolute atomic E-state index is 12.9. The smallest absolute Gasteiger partial charge is 0.263 e. The number of carbonyl (C=O) groups excluding carboxylic acids is 1. The number of imidazole rings is 1. The first-order chi connectivity index (χ1) is 15.6. The Morgan fingerprint density at radius 3 is 2.50 bits per heavy atom. The minimum absolute atomic E-state index is 0.162. The van der Waals surface area contributed by atoms with Crippen molar-refractivity contribution in [2.45, 2.75) is 32.2 Å². The lowest BCUT2D eigenvalue weighted by atomic mass is 10.0. The molecule has 3 heterocycles. The Labute approximate surface area is 192 Å². The second-order valence-electron chi connectivity index (χ2n) is 8.35. The highest BCUT2D eigenvalue weighted by molar-refractivity contribution is 7.13. The number of aryl methyl sites for hydroxylation is 1. The fourth-order valence-corrected chi connectivity index (χ4v) is 5.42. The molecule has 1 aliphatic heterocycles. The number of methoxy groups -OCH3 is 1. The van der Waals surface area contributed by atoms with Crippen LogP contribution in [-0.2, 0) is 6.42 Å². The van der Waals surface area contributed by atoms with Crippen molar-refractivity contribution in [1.82, 2.24) is 14.5 Å². The number of benzene rings is 2. The molecule has 32 heavy (non-hydrogen) atoms. The molecule has 0 saturated carbocycles. The average molecular weight is 446 g/mol. The molecular weight excluding hydrogens is 418 g/mol. The van der Waals surface area contributed by atoms with Crippen LogP contribution in [0.5, 0.6) is 5.75 Å². The number of rotatable bonds is 5. The molecule has 1 amide bonds. The van der Waals surface area contributed by atoms with E-state index in [4.69, 9.17) is 9.72 Å². The van der Waals surface area contributed by atoms with Crippen molar-refractivity contribution in [3.05, 3.63) is 81.8 Å². The molecule has 0 N–H and O–H groups in total. The second kappa shape index (κ2) is 8.79. The Morgan fingerprint density at radius 1 is 1.06 bits per heavy atom. The van der Waals surface area contributed by atoms with Gasteiger partial charge in [-0.05, 0) is 61.7 Å². The quantitative estimate of drug-likeness (QED) is 0.408. The third-order valence-corrected chi connectivity index (χ3v) is 7.25. The van der Waals surface area contributed by atoms with E-state index in [1.807, 2.05) is 42.2 Å². The molecule has 5 rings (SSSR count). The summed E-state index contributed by atoms with van der Waals surface area (Å²) in [5.74, 6) is 2.10. The van der Waals surface area contributed by atoms with Crippen molar-refractivity contribution in [2.75, 3.05) is 20.2 Å². The Morgan fingerprint density at radius 2 is 1.81 bits per heavy atom. The lowest BCUT2D eigenvalue weighted by Crippen LogP contribution is -2.39. The number of hydrogen-bond acceptors (Lipinski definition) is 4. The Balaban J connectivity index is 1.38. The Hall–Kier alpha value is -3.12. The minimum atomic E-state index is 0.162. The number of para-hydroxylation sites is 2. The maximum atomic E-state index is 12.9. The highest BCUT2D eigenvalue weighted by atomic mass is 32.1. The molecular formula is C26H27N3O2S. The summed E-state index contributed by atoms with van der Waals surface area (Å²) in [7, 11) is 1.69. The van der Waals surface area contributed by atoms with Crippen LogP contribution in [0.15, 0.2) is 60.7 Å². The molecule has 6 heteroatoms. The molecule has 0 aliphatic carbocycles. The number of likely N-dealkylation sites (tertiary alicyclic amines) is 1. The van der Waals surface area contributed by atoms with E-state index in [0.29, 0.717) is 6.04 Å². The molecule has 0 atom stereocenters. The number of nitrogens with zero attached hydrogens (tertiary/aromatic N) is 3. The van der Waals surface area contributed by atoms with Crippen LogP contribution in [0.3, 0.4) is 0 Å². The topological polar surface area (TPSA) is 47.4 Å². The van der Waals surface area contributed by atoms with Crippen molar-refractivity contribution >= 4 is 28.3 Å². The van der Waals surface area contributed by atoms with Gasteiger partial charge in [-0.2, -0.15) is 0 Å². The summed E-state index contributed by atoms with van der Waals surface area (Å²) in [5, 5.41) is 0. The third-order valence-electron chi connectivity index (χ3n) is 6.26. The second-order valence-corrected chi connectivity index (χ2v) is 9.63. The zero-order valence-corrected chi connectivity index (χ0v) is 19.3. The van der Waals surface area contributed by atoms with Crippen LogP contribution in [0.1, 0.15) is 44.8 Å². The van der Waals surface area contributed by atoms with E-state index in [-0.39, 0.29) is 5.91 Å². The van der Waals surface area contributed by atoms with Crippen LogP contribution >= 0.6 is 11.3 Å². The van der Waals surface area contributed by atoms with Crippen LogP contribution in [0, 0.1) is 6.92 Å². The first kappa shape index (κ1) is 20.8. The Bertz CT molecular complexity index is 1230. The molecule has 164 valence electrons. The summed E-state index contributed by atoms with van der Waals surface area (Å²) in [6.45, 7) is 3.59. The molecule has 0 spiro atoms. The molecule has 1 fully saturated rings. The van der Waals surface area contributed by atoms with Gasteiger partial charge in [0.25, 0.3) is 5.91 Å². The number of hydrogen-bond donors (Lipinski definition) is 0. The maximum Gasteiger partial charge on any atom is 0.263 e. The van der Waals surface area contributed by atoms with Crippen molar-refractivity contribution in [2.24, 2.45) is 0 Å². The van der Waals surface area contributed by atoms with Crippen LogP contribution in [0.4, 0.5) is 0 Å². The lowest BCUT2D eigenvalue weighted by Gasteiger charge is -2.33. The van der Waals surface area contributed by atoms with Gasteiger partial charge in [0, 0.05) is 30.4 Å². The zero-order valence-electron chi connectivity index (χ0n) is 18.5. The number of piperidine rings is 1. The van der Waals surface area contributed by atoms with Crippen LogP contribution in [0.2, 0.25) is 0 Å². The predicted molar refractivity (Wildman–Crippen MR) is 129 cm³/mol. The number of ether oxygens (including phenoxy) is 1. The third kappa shape index (κ3) is 4.02. The lowest BCUT2D eigenvalue weighted by molar-refractivity contribution is 0.0700. The van der Waals surface area contributed by atoms with Gasteiger partial charge in [0.05, 0.1) is 23.0 Å². The summed E-state index contributed by atoms with van der Waals surface area (Å²) in [5.41, 5.74) is 3.42. The van der Waals surface area contributed by atoms with Gasteiger partial charge < -0.3 is 14.2 Å². The van der Waals surface area contributed by atoms with Crippen molar-refractivity contribution in [3.63, 3.8) is 0 Å². The van der Waals surface area contributed by atoms with E-state index >= 15 is 0 Å². The molecule has 2 aromatic carbocycles. The number of carbonyl (C=O) groups is 1. The van der Waals surface area contributed by atoms with Gasteiger partial charge in [0.1, 0.15) is 11.6 Å². The standard InChI is InChI=1S/C26H27N3O2S/c1-18-7-12-24(32-18)26(30)28-15-13-20(14-16-28)29-23-6-4-3-5-22(23)27-25(29)17-19-8-10-21(31-2)11-9-19/h3-12,20H,13-17H2,1-2H3. The number of thiophene rings is 1. The monoisotopic (exact) mass is 445 g/mol. The molecule has 1 aliphatic rings. The van der Waals surface area contributed by atoms with Crippen LogP contribution in [0.25, 0.3) is 11.0 Å².